The first-order valence-electron chi connectivity index (χ1n) is 9.33. The van der Waals surface area contributed by atoms with Crippen LogP contribution in [0.15, 0.2) is 18.6 Å². The summed E-state index contributed by atoms with van der Waals surface area (Å²) in [5.41, 5.74) is 0.471. The van der Waals surface area contributed by atoms with Crippen LogP contribution in [0.5, 0.6) is 0 Å². The van der Waals surface area contributed by atoms with Crippen molar-refractivity contribution in [3.63, 3.8) is 0 Å². The molecule has 0 radical (unpaired) electrons. The molecule has 2 saturated heterocycles. The minimum absolute atomic E-state index is 0.296. The van der Waals surface area contributed by atoms with Crippen molar-refractivity contribution in [2.45, 2.75) is 26.2 Å². The molecule has 2 aromatic rings. The van der Waals surface area contributed by atoms with Crippen LogP contribution in [-0.2, 0) is 6.42 Å². The van der Waals surface area contributed by atoms with Gasteiger partial charge in [-0.05, 0) is 25.3 Å². The summed E-state index contributed by atoms with van der Waals surface area (Å²) in [6.45, 7) is 6.90. The van der Waals surface area contributed by atoms with E-state index < -0.39 is 0 Å². The number of aryl methyl sites for hydroxylation is 1. The average Bonchev–Trinajstić information content (AvgIpc) is 3.23. The molecule has 8 heteroatoms. The Hall–Kier alpha value is -2.51. The zero-order valence-electron chi connectivity index (χ0n) is 15.1. The van der Waals surface area contributed by atoms with Crippen LogP contribution in [0.1, 0.15) is 25.5 Å². The highest BCUT2D eigenvalue weighted by Crippen LogP contribution is 2.23. The van der Waals surface area contributed by atoms with Gasteiger partial charge in [-0.1, -0.05) is 6.92 Å². The van der Waals surface area contributed by atoms with Crippen LogP contribution in [-0.4, -0.2) is 59.2 Å². The molecule has 0 bridgehead atoms. The summed E-state index contributed by atoms with van der Waals surface area (Å²) in [7, 11) is 0. The standard InChI is InChI=1S/C18H24FN7/c1-2-14-16(19)17(22-13-21-14)25-9-11-26(12-10-25)18-20-6-5-15(23-18)24-7-3-4-8-24/h5-6,13H,2-4,7-12H2,1H3. The van der Waals surface area contributed by atoms with Crippen molar-refractivity contribution in [2.24, 2.45) is 0 Å². The number of rotatable bonds is 4. The second kappa shape index (κ2) is 7.39. The van der Waals surface area contributed by atoms with E-state index in [1.807, 2.05) is 24.1 Å². The third kappa shape index (κ3) is 3.27. The summed E-state index contributed by atoms with van der Waals surface area (Å²) in [6.07, 6.45) is 6.30. The molecule has 2 fully saturated rings. The van der Waals surface area contributed by atoms with Crippen molar-refractivity contribution in [2.75, 3.05) is 54.0 Å². The number of hydrogen-bond acceptors (Lipinski definition) is 7. The van der Waals surface area contributed by atoms with Gasteiger partial charge < -0.3 is 14.7 Å². The van der Waals surface area contributed by atoms with E-state index in [2.05, 4.69) is 24.8 Å². The molecule has 4 heterocycles. The Labute approximate surface area is 152 Å². The van der Waals surface area contributed by atoms with Gasteiger partial charge in [-0.3, -0.25) is 0 Å². The minimum atomic E-state index is -0.296. The van der Waals surface area contributed by atoms with Crippen molar-refractivity contribution in [1.82, 2.24) is 19.9 Å². The van der Waals surface area contributed by atoms with Crippen molar-refractivity contribution < 1.29 is 4.39 Å². The Morgan fingerprint density at radius 1 is 0.923 bits per heavy atom. The lowest BCUT2D eigenvalue weighted by Gasteiger charge is -2.35. The zero-order chi connectivity index (χ0) is 17.9. The molecule has 0 unspecified atom stereocenters. The normalized spacial score (nSPS) is 17.8. The first-order chi connectivity index (χ1) is 12.8. The molecule has 0 amide bonds. The van der Waals surface area contributed by atoms with Crippen molar-refractivity contribution in [3.05, 3.63) is 30.1 Å². The van der Waals surface area contributed by atoms with Gasteiger partial charge in [0.2, 0.25) is 5.95 Å². The van der Waals surface area contributed by atoms with Gasteiger partial charge in [0.05, 0.1) is 5.69 Å². The van der Waals surface area contributed by atoms with E-state index in [1.165, 1.54) is 19.2 Å². The van der Waals surface area contributed by atoms with Gasteiger partial charge in [0.15, 0.2) is 11.6 Å². The van der Waals surface area contributed by atoms with E-state index in [1.54, 1.807) is 0 Å². The van der Waals surface area contributed by atoms with Gasteiger partial charge >= 0.3 is 0 Å². The van der Waals surface area contributed by atoms with E-state index in [0.717, 1.165) is 37.9 Å². The van der Waals surface area contributed by atoms with Crippen LogP contribution in [0.4, 0.5) is 22.0 Å². The molecule has 0 aromatic carbocycles. The number of halogens is 1. The number of piperazine rings is 1. The lowest BCUT2D eigenvalue weighted by atomic mass is 10.2. The van der Waals surface area contributed by atoms with E-state index in [9.17, 15) is 4.39 Å². The molecule has 4 rings (SSSR count). The Morgan fingerprint density at radius 2 is 1.65 bits per heavy atom. The molecule has 2 aromatic heterocycles. The van der Waals surface area contributed by atoms with Gasteiger partial charge in [-0.25, -0.2) is 19.3 Å². The third-order valence-corrected chi connectivity index (χ3v) is 5.10. The highest BCUT2D eigenvalue weighted by atomic mass is 19.1. The molecule has 0 aliphatic carbocycles. The summed E-state index contributed by atoms with van der Waals surface area (Å²) in [4.78, 5) is 23.8. The molecule has 0 spiro atoms. The number of anilines is 3. The SMILES string of the molecule is CCc1ncnc(N2CCN(c3nccc(N4CCCC4)n3)CC2)c1F. The fourth-order valence-corrected chi connectivity index (χ4v) is 3.59. The topological polar surface area (TPSA) is 61.3 Å². The zero-order valence-corrected chi connectivity index (χ0v) is 15.1. The third-order valence-electron chi connectivity index (χ3n) is 5.10. The van der Waals surface area contributed by atoms with Crippen LogP contribution in [0.3, 0.4) is 0 Å². The molecule has 2 aliphatic heterocycles. The van der Waals surface area contributed by atoms with E-state index in [0.29, 0.717) is 31.0 Å². The fraction of sp³-hybridized carbons (Fsp3) is 0.556. The van der Waals surface area contributed by atoms with Crippen molar-refractivity contribution in [3.8, 4) is 0 Å². The van der Waals surface area contributed by atoms with Gasteiger partial charge in [-0.2, -0.15) is 4.98 Å². The first-order valence-corrected chi connectivity index (χ1v) is 9.33. The molecule has 26 heavy (non-hydrogen) atoms. The Kier molecular flexibility index (Phi) is 4.81. The van der Waals surface area contributed by atoms with Gasteiger partial charge in [0.1, 0.15) is 12.1 Å². The monoisotopic (exact) mass is 357 g/mol. The molecular weight excluding hydrogens is 333 g/mol. The lowest BCUT2D eigenvalue weighted by molar-refractivity contribution is 0.566. The van der Waals surface area contributed by atoms with Crippen LogP contribution < -0.4 is 14.7 Å². The van der Waals surface area contributed by atoms with Crippen LogP contribution in [0.2, 0.25) is 0 Å². The highest BCUT2D eigenvalue weighted by molar-refractivity contribution is 5.47. The molecule has 0 saturated carbocycles. The Balaban J connectivity index is 1.45. The molecule has 7 nitrogen and oxygen atoms in total. The average molecular weight is 357 g/mol. The largest absolute Gasteiger partial charge is 0.356 e. The Bertz CT molecular complexity index is 755. The number of aromatic nitrogens is 4. The van der Waals surface area contributed by atoms with Gasteiger partial charge in [0, 0.05) is 45.5 Å². The summed E-state index contributed by atoms with van der Waals surface area (Å²) < 4.78 is 14.5. The minimum Gasteiger partial charge on any atom is -0.356 e. The van der Waals surface area contributed by atoms with E-state index in [-0.39, 0.29) is 5.82 Å². The van der Waals surface area contributed by atoms with Gasteiger partial charge in [0.25, 0.3) is 0 Å². The van der Waals surface area contributed by atoms with E-state index in [4.69, 9.17) is 4.98 Å². The summed E-state index contributed by atoms with van der Waals surface area (Å²) in [5, 5.41) is 0. The second-order valence-electron chi connectivity index (χ2n) is 6.69. The molecule has 2 aliphatic rings. The maximum absolute atomic E-state index is 14.5. The maximum atomic E-state index is 14.5. The van der Waals surface area contributed by atoms with Crippen LogP contribution in [0, 0.1) is 5.82 Å². The maximum Gasteiger partial charge on any atom is 0.227 e. The number of nitrogens with zero attached hydrogens (tertiary/aromatic N) is 7. The summed E-state index contributed by atoms with van der Waals surface area (Å²) in [6, 6.07) is 1.98. The van der Waals surface area contributed by atoms with Crippen molar-refractivity contribution >= 4 is 17.6 Å². The number of hydrogen-bond donors (Lipinski definition) is 0. The summed E-state index contributed by atoms with van der Waals surface area (Å²) in [5.74, 6) is 1.87. The lowest BCUT2D eigenvalue weighted by Crippen LogP contribution is -2.47. The predicted octanol–water partition coefficient (Wildman–Crippen LogP) is 1.89. The fourth-order valence-electron chi connectivity index (χ4n) is 3.59. The van der Waals surface area contributed by atoms with Crippen LogP contribution in [0.25, 0.3) is 0 Å². The first kappa shape index (κ1) is 16.9. The second-order valence-corrected chi connectivity index (χ2v) is 6.69. The van der Waals surface area contributed by atoms with Crippen LogP contribution >= 0.6 is 0 Å². The van der Waals surface area contributed by atoms with Gasteiger partial charge in [-0.15, -0.1) is 0 Å². The quantitative estimate of drug-likeness (QED) is 0.828. The Morgan fingerprint density at radius 3 is 2.38 bits per heavy atom. The summed E-state index contributed by atoms with van der Waals surface area (Å²) >= 11 is 0. The molecular formula is C18H24FN7. The van der Waals surface area contributed by atoms with Crippen molar-refractivity contribution in [1.29, 1.82) is 0 Å². The smallest absolute Gasteiger partial charge is 0.227 e. The van der Waals surface area contributed by atoms with E-state index >= 15 is 0 Å². The highest BCUT2D eigenvalue weighted by Gasteiger charge is 2.24. The molecule has 0 N–H and O–H groups in total. The predicted molar refractivity (Wildman–Crippen MR) is 99.3 cm³/mol. The molecule has 138 valence electrons. The molecule has 0 atom stereocenters.